The summed E-state index contributed by atoms with van der Waals surface area (Å²) >= 11 is 1.66. The number of carbonyl (C=O) groups is 1. The highest BCUT2D eigenvalue weighted by Crippen LogP contribution is 2.27. The molecule has 1 amide bonds. The summed E-state index contributed by atoms with van der Waals surface area (Å²) in [6.45, 7) is 6.98. The maximum Gasteiger partial charge on any atom is 0.224 e. The van der Waals surface area contributed by atoms with E-state index < -0.39 is 0 Å². The van der Waals surface area contributed by atoms with Crippen molar-refractivity contribution in [2.45, 2.75) is 13.3 Å². The number of rotatable bonds is 7. The fraction of sp³-hybridized carbons (Fsp3) is 0.348. The van der Waals surface area contributed by atoms with Gasteiger partial charge in [-0.3, -0.25) is 9.69 Å². The number of thiophene rings is 1. The average Bonchev–Trinajstić information content (AvgIpc) is 3.16. The molecule has 0 spiro atoms. The Morgan fingerprint density at radius 2 is 1.97 bits per heavy atom. The van der Waals surface area contributed by atoms with Crippen LogP contribution in [0.4, 0.5) is 5.82 Å². The van der Waals surface area contributed by atoms with Gasteiger partial charge in [-0.25, -0.2) is 9.97 Å². The quantitative estimate of drug-likeness (QED) is 0.631. The second-order valence-electron chi connectivity index (χ2n) is 7.47. The van der Waals surface area contributed by atoms with Gasteiger partial charge in [-0.1, -0.05) is 42.5 Å². The van der Waals surface area contributed by atoms with Gasteiger partial charge >= 0.3 is 0 Å². The number of nitrogens with zero attached hydrogens (tertiary/aromatic N) is 4. The van der Waals surface area contributed by atoms with Gasteiger partial charge in [0.05, 0.1) is 5.39 Å². The van der Waals surface area contributed by atoms with Gasteiger partial charge in [0.15, 0.2) is 0 Å². The van der Waals surface area contributed by atoms with E-state index in [0.29, 0.717) is 13.0 Å². The smallest absolute Gasteiger partial charge is 0.224 e. The number of hydrogen-bond donors (Lipinski definition) is 1. The van der Waals surface area contributed by atoms with Crippen molar-refractivity contribution in [3.63, 3.8) is 0 Å². The molecule has 0 saturated carbocycles. The molecule has 6 nitrogen and oxygen atoms in total. The van der Waals surface area contributed by atoms with Crippen LogP contribution in [0, 0.1) is 6.92 Å². The van der Waals surface area contributed by atoms with E-state index in [2.05, 4.69) is 57.5 Å². The van der Waals surface area contributed by atoms with Crippen LogP contribution >= 0.6 is 11.3 Å². The summed E-state index contributed by atoms with van der Waals surface area (Å²) in [6, 6.07) is 12.4. The summed E-state index contributed by atoms with van der Waals surface area (Å²) in [4.78, 5) is 27.8. The van der Waals surface area contributed by atoms with Gasteiger partial charge in [-0.2, -0.15) is 0 Å². The van der Waals surface area contributed by atoms with Crippen LogP contribution in [0.15, 0.2) is 48.8 Å². The maximum atomic E-state index is 12.6. The third kappa shape index (κ3) is 5.23. The van der Waals surface area contributed by atoms with Gasteiger partial charge < -0.3 is 10.2 Å². The zero-order chi connectivity index (χ0) is 20.8. The Morgan fingerprint density at radius 1 is 1.17 bits per heavy atom. The van der Waals surface area contributed by atoms with Crippen LogP contribution in [0.1, 0.15) is 16.9 Å². The number of benzene rings is 1. The van der Waals surface area contributed by atoms with E-state index in [9.17, 15) is 4.79 Å². The van der Waals surface area contributed by atoms with E-state index in [1.807, 2.05) is 23.1 Å². The number of fused-ring (bicyclic) bond motifs is 1. The van der Waals surface area contributed by atoms with Crippen LogP contribution in [0.25, 0.3) is 16.3 Å². The van der Waals surface area contributed by atoms with Gasteiger partial charge in [0.2, 0.25) is 5.91 Å². The molecule has 1 aliphatic rings. The molecule has 2 aromatic heterocycles. The summed E-state index contributed by atoms with van der Waals surface area (Å²) in [7, 11) is 0. The minimum Gasteiger partial charge on any atom is -0.369 e. The fourth-order valence-corrected chi connectivity index (χ4v) is 4.49. The van der Waals surface area contributed by atoms with Crippen LogP contribution in [-0.4, -0.2) is 64.9 Å². The molecule has 0 unspecified atom stereocenters. The van der Waals surface area contributed by atoms with Crippen LogP contribution in [-0.2, 0) is 4.79 Å². The lowest BCUT2D eigenvalue weighted by molar-refractivity contribution is -0.132. The molecule has 4 rings (SSSR count). The SMILES string of the molecule is Cc1cc2c(NCCC(=O)N3CCN(C/C=C/c4ccccc4)CC3)ncnc2s1. The average molecular weight is 422 g/mol. The molecule has 0 aliphatic carbocycles. The zero-order valence-electron chi connectivity index (χ0n) is 17.3. The molecular weight excluding hydrogens is 394 g/mol. The minimum absolute atomic E-state index is 0.203. The topological polar surface area (TPSA) is 61.4 Å². The van der Waals surface area contributed by atoms with E-state index in [4.69, 9.17) is 0 Å². The summed E-state index contributed by atoms with van der Waals surface area (Å²) in [5.41, 5.74) is 1.22. The van der Waals surface area contributed by atoms with Crippen molar-refractivity contribution >= 4 is 39.4 Å². The summed E-state index contributed by atoms with van der Waals surface area (Å²) in [5.74, 6) is 1.01. The number of anilines is 1. The highest BCUT2D eigenvalue weighted by molar-refractivity contribution is 7.18. The fourth-order valence-electron chi connectivity index (χ4n) is 3.64. The van der Waals surface area contributed by atoms with Crippen LogP contribution < -0.4 is 5.32 Å². The highest BCUT2D eigenvalue weighted by Gasteiger charge is 2.20. The largest absolute Gasteiger partial charge is 0.369 e. The molecule has 1 aromatic carbocycles. The van der Waals surface area contributed by atoms with E-state index in [1.165, 1.54) is 10.4 Å². The Hall–Kier alpha value is -2.77. The van der Waals surface area contributed by atoms with Crippen molar-refractivity contribution in [2.24, 2.45) is 0 Å². The standard InChI is InChI=1S/C23H27N5OS/c1-18-16-20-22(25-17-26-23(20)30-18)24-10-9-21(29)28-14-12-27(13-15-28)11-5-8-19-6-3-2-4-7-19/h2-8,16-17H,9-15H2,1H3,(H,24,25,26)/b8-5+. The monoisotopic (exact) mass is 421 g/mol. The molecular formula is C23H27N5OS. The number of aryl methyl sites for hydroxylation is 1. The lowest BCUT2D eigenvalue weighted by Gasteiger charge is -2.34. The van der Waals surface area contributed by atoms with Gasteiger partial charge in [-0.15, -0.1) is 11.3 Å². The molecule has 1 aliphatic heterocycles. The van der Waals surface area contributed by atoms with E-state index >= 15 is 0 Å². The highest BCUT2D eigenvalue weighted by atomic mass is 32.1. The summed E-state index contributed by atoms with van der Waals surface area (Å²) in [5, 5.41) is 4.34. The lowest BCUT2D eigenvalue weighted by atomic mass is 10.2. The number of piperazine rings is 1. The van der Waals surface area contributed by atoms with E-state index in [0.717, 1.165) is 48.8 Å². The molecule has 3 aromatic rings. The molecule has 1 saturated heterocycles. The van der Waals surface area contributed by atoms with Crippen LogP contribution in [0.5, 0.6) is 0 Å². The van der Waals surface area contributed by atoms with Gasteiger partial charge in [-0.05, 0) is 18.6 Å². The first-order valence-electron chi connectivity index (χ1n) is 10.4. The number of carbonyl (C=O) groups excluding carboxylic acids is 1. The summed E-state index contributed by atoms with van der Waals surface area (Å²) < 4.78 is 0. The molecule has 7 heteroatoms. The predicted molar refractivity (Wildman–Crippen MR) is 124 cm³/mol. The van der Waals surface area contributed by atoms with Gasteiger partial charge in [0.1, 0.15) is 17.0 Å². The second kappa shape index (κ2) is 9.82. The lowest BCUT2D eigenvalue weighted by Crippen LogP contribution is -2.48. The molecule has 1 N–H and O–H groups in total. The molecule has 0 radical (unpaired) electrons. The molecule has 156 valence electrons. The molecule has 1 fully saturated rings. The first-order valence-corrected chi connectivity index (χ1v) is 11.2. The third-order valence-electron chi connectivity index (χ3n) is 5.28. The van der Waals surface area contributed by atoms with Crippen molar-refractivity contribution in [3.05, 3.63) is 59.2 Å². The Kier molecular flexibility index (Phi) is 6.71. The number of nitrogens with one attached hydrogen (secondary N) is 1. The van der Waals surface area contributed by atoms with Crippen molar-refractivity contribution in [3.8, 4) is 0 Å². The van der Waals surface area contributed by atoms with Crippen molar-refractivity contribution < 1.29 is 4.79 Å². The van der Waals surface area contributed by atoms with Gasteiger partial charge in [0, 0.05) is 50.6 Å². The van der Waals surface area contributed by atoms with Crippen molar-refractivity contribution in [1.29, 1.82) is 0 Å². The van der Waals surface area contributed by atoms with E-state index in [1.54, 1.807) is 17.7 Å². The first kappa shape index (κ1) is 20.5. The number of amides is 1. The minimum atomic E-state index is 0.203. The normalized spacial score (nSPS) is 15.2. The maximum absolute atomic E-state index is 12.6. The van der Waals surface area contributed by atoms with Crippen molar-refractivity contribution in [1.82, 2.24) is 19.8 Å². The van der Waals surface area contributed by atoms with Gasteiger partial charge in [0.25, 0.3) is 0 Å². The van der Waals surface area contributed by atoms with Crippen LogP contribution in [0.2, 0.25) is 0 Å². The number of aromatic nitrogens is 2. The molecule has 3 heterocycles. The predicted octanol–water partition coefficient (Wildman–Crippen LogP) is 3.66. The second-order valence-corrected chi connectivity index (χ2v) is 8.70. The van der Waals surface area contributed by atoms with Crippen LogP contribution in [0.3, 0.4) is 0 Å². The Bertz CT molecular complexity index is 1010. The van der Waals surface area contributed by atoms with Crippen molar-refractivity contribution in [2.75, 3.05) is 44.6 Å². The summed E-state index contributed by atoms with van der Waals surface area (Å²) in [6.07, 6.45) is 6.41. The Morgan fingerprint density at radius 3 is 2.77 bits per heavy atom. The van der Waals surface area contributed by atoms with E-state index in [-0.39, 0.29) is 5.91 Å². The zero-order valence-corrected chi connectivity index (χ0v) is 18.1. The third-order valence-corrected chi connectivity index (χ3v) is 6.24. The first-order chi connectivity index (χ1) is 14.7. The molecule has 30 heavy (non-hydrogen) atoms. The number of hydrogen-bond acceptors (Lipinski definition) is 6. The Labute approximate surface area is 181 Å². The Balaban J connectivity index is 1.19. The molecule has 0 bridgehead atoms. The molecule has 0 atom stereocenters.